The first-order chi connectivity index (χ1) is 5.37. The van der Waals surface area contributed by atoms with Gasteiger partial charge in [0, 0.05) is 0 Å². The number of carboxylic acids is 2. The Morgan fingerprint density at radius 2 is 1.15 bits per heavy atom. The van der Waals surface area contributed by atoms with E-state index in [-0.39, 0.29) is 40.6 Å². The van der Waals surface area contributed by atoms with Crippen LogP contribution in [-0.2, 0) is 9.59 Å². The molecule has 0 aromatic rings. The SMILES string of the molecule is O=C(O)C(O)C(O)C(O)C(=O)O.[Ca+2].[H-].[H-]. The molecule has 13 heavy (non-hydrogen) atoms. The third-order valence-corrected chi connectivity index (χ3v) is 1.15. The average molecular weight is 222 g/mol. The van der Waals surface area contributed by atoms with E-state index < -0.39 is 30.3 Å². The number of carbonyl (C=O) groups is 2. The molecular weight excluding hydrogens is 212 g/mol. The van der Waals surface area contributed by atoms with Crippen LogP contribution < -0.4 is 0 Å². The quantitative estimate of drug-likeness (QED) is 0.321. The van der Waals surface area contributed by atoms with E-state index in [9.17, 15) is 9.59 Å². The van der Waals surface area contributed by atoms with E-state index in [1.807, 2.05) is 0 Å². The number of aliphatic carboxylic acids is 2. The summed E-state index contributed by atoms with van der Waals surface area (Å²) in [6.07, 6.45) is -6.85. The number of rotatable bonds is 4. The van der Waals surface area contributed by atoms with Gasteiger partial charge in [-0.05, 0) is 0 Å². The van der Waals surface area contributed by atoms with Gasteiger partial charge < -0.3 is 28.4 Å². The summed E-state index contributed by atoms with van der Waals surface area (Å²) in [4.78, 5) is 19.9. The van der Waals surface area contributed by atoms with E-state index in [2.05, 4.69) is 0 Å². The number of aliphatic hydroxyl groups excluding tert-OH is 3. The summed E-state index contributed by atoms with van der Waals surface area (Å²) in [5.74, 6) is -3.61. The molecule has 0 fully saturated rings. The Bertz CT molecular complexity index is 182. The van der Waals surface area contributed by atoms with Gasteiger partial charge in [0.15, 0.2) is 12.2 Å². The van der Waals surface area contributed by atoms with Gasteiger partial charge in [0.05, 0.1) is 0 Å². The summed E-state index contributed by atoms with van der Waals surface area (Å²) in [7, 11) is 0. The largest absolute Gasteiger partial charge is 2.00 e. The second-order valence-corrected chi connectivity index (χ2v) is 2.06. The van der Waals surface area contributed by atoms with Crippen molar-refractivity contribution in [3.05, 3.63) is 0 Å². The predicted molar refractivity (Wildman–Crippen MR) is 41.3 cm³/mol. The van der Waals surface area contributed by atoms with Crippen LogP contribution in [0.5, 0.6) is 0 Å². The van der Waals surface area contributed by atoms with Crippen LogP contribution in [0, 0.1) is 0 Å². The molecule has 0 saturated heterocycles. The topological polar surface area (TPSA) is 135 Å². The average Bonchev–Trinajstić information content (AvgIpc) is 2.00. The van der Waals surface area contributed by atoms with Crippen molar-refractivity contribution in [1.29, 1.82) is 0 Å². The van der Waals surface area contributed by atoms with E-state index in [1.54, 1.807) is 0 Å². The Morgan fingerprint density at radius 3 is 1.31 bits per heavy atom. The first-order valence-corrected chi connectivity index (χ1v) is 2.87. The van der Waals surface area contributed by atoms with Crippen molar-refractivity contribution in [2.45, 2.75) is 18.3 Å². The van der Waals surface area contributed by atoms with Crippen LogP contribution in [0.2, 0.25) is 0 Å². The summed E-state index contributed by atoms with van der Waals surface area (Å²) in [5.41, 5.74) is 0. The maximum absolute atomic E-state index is 9.95. The molecule has 0 saturated carbocycles. The summed E-state index contributed by atoms with van der Waals surface area (Å²) < 4.78 is 0. The molecule has 0 spiro atoms. The smallest absolute Gasteiger partial charge is 1.00 e. The van der Waals surface area contributed by atoms with Gasteiger partial charge in [0.1, 0.15) is 6.10 Å². The minimum absolute atomic E-state index is 0. The van der Waals surface area contributed by atoms with Crippen LogP contribution in [0.15, 0.2) is 0 Å². The molecule has 0 amide bonds. The van der Waals surface area contributed by atoms with Crippen LogP contribution in [-0.4, -0.2) is 93.5 Å². The Kier molecular flexibility index (Phi) is 7.80. The van der Waals surface area contributed by atoms with E-state index in [1.165, 1.54) is 0 Å². The summed E-state index contributed by atoms with van der Waals surface area (Å²) in [5, 5.41) is 41.9. The number of aliphatic hydroxyl groups is 3. The van der Waals surface area contributed by atoms with Gasteiger partial charge in [-0.15, -0.1) is 0 Å². The minimum Gasteiger partial charge on any atom is -1.00 e. The molecule has 74 valence electrons. The van der Waals surface area contributed by atoms with Crippen molar-refractivity contribution in [3.8, 4) is 0 Å². The Morgan fingerprint density at radius 1 is 0.923 bits per heavy atom. The maximum atomic E-state index is 9.95. The molecule has 8 heteroatoms. The molecule has 2 atom stereocenters. The Hall–Kier alpha value is 0.0797. The summed E-state index contributed by atoms with van der Waals surface area (Å²) in [6.45, 7) is 0. The first-order valence-electron chi connectivity index (χ1n) is 2.87. The van der Waals surface area contributed by atoms with Crippen LogP contribution >= 0.6 is 0 Å². The summed E-state index contributed by atoms with van der Waals surface area (Å²) >= 11 is 0. The zero-order valence-corrected chi connectivity index (χ0v) is 8.70. The molecule has 0 heterocycles. The van der Waals surface area contributed by atoms with Crippen molar-refractivity contribution >= 4 is 49.7 Å². The fraction of sp³-hybridized carbons (Fsp3) is 0.600. The molecule has 0 radical (unpaired) electrons. The molecule has 0 aliphatic carbocycles. The fourth-order valence-corrected chi connectivity index (χ4v) is 0.465. The maximum Gasteiger partial charge on any atom is 2.00 e. The number of hydrogen-bond acceptors (Lipinski definition) is 5. The van der Waals surface area contributed by atoms with Crippen molar-refractivity contribution in [2.75, 3.05) is 0 Å². The van der Waals surface area contributed by atoms with Crippen molar-refractivity contribution in [2.24, 2.45) is 0 Å². The van der Waals surface area contributed by atoms with Crippen LogP contribution in [0.4, 0.5) is 0 Å². The van der Waals surface area contributed by atoms with Gasteiger partial charge in [-0.2, -0.15) is 0 Å². The Balaban J connectivity index is -0.000000202. The summed E-state index contributed by atoms with van der Waals surface area (Å²) in [6, 6.07) is 0. The van der Waals surface area contributed by atoms with E-state index in [4.69, 9.17) is 25.5 Å². The van der Waals surface area contributed by atoms with Crippen LogP contribution in [0.3, 0.4) is 0 Å². The third kappa shape index (κ3) is 4.75. The van der Waals surface area contributed by atoms with Crippen molar-refractivity contribution < 1.29 is 38.0 Å². The van der Waals surface area contributed by atoms with Gasteiger partial charge in [-0.25, -0.2) is 9.59 Å². The molecule has 5 N–H and O–H groups in total. The van der Waals surface area contributed by atoms with Gasteiger partial charge >= 0.3 is 49.7 Å². The molecule has 0 aliphatic rings. The van der Waals surface area contributed by atoms with Crippen molar-refractivity contribution in [3.63, 3.8) is 0 Å². The van der Waals surface area contributed by atoms with Gasteiger partial charge in [0.2, 0.25) is 0 Å². The zero-order chi connectivity index (χ0) is 9.89. The molecule has 2 unspecified atom stereocenters. The Labute approximate surface area is 106 Å². The van der Waals surface area contributed by atoms with Gasteiger partial charge in [0.25, 0.3) is 0 Å². The first kappa shape index (κ1) is 15.5. The normalized spacial score (nSPS) is 16.5. The van der Waals surface area contributed by atoms with E-state index in [0.29, 0.717) is 0 Å². The molecule has 0 bridgehead atoms. The number of hydrogen-bond donors (Lipinski definition) is 5. The third-order valence-electron chi connectivity index (χ3n) is 1.15. The molecule has 0 aliphatic heterocycles. The van der Waals surface area contributed by atoms with Crippen molar-refractivity contribution in [1.82, 2.24) is 0 Å². The van der Waals surface area contributed by atoms with Crippen LogP contribution in [0.1, 0.15) is 2.85 Å². The molecular formula is C5H10CaO7. The molecule has 0 aromatic heterocycles. The standard InChI is InChI=1S/C5H8O7.Ca.2H/c6-1(2(7)4(9)10)3(8)5(11)12;;;/h1-3,6-8H,(H,9,10)(H,11,12);;;/q;+2;2*-1. The van der Waals surface area contributed by atoms with E-state index >= 15 is 0 Å². The second kappa shape index (κ2) is 6.52. The minimum atomic E-state index is -2.31. The molecule has 0 aromatic carbocycles. The molecule has 7 nitrogen and oxygen atoms in total. The predicted octanol–water partition coefficient (Wildman–Crippen LogP) is -2.92. The van der Waals surface area contributed by atoms with Gasteiger partial charge in [-0.1, -0.05) is 0 Å². The fourth-order valence-electron chi connectivity index (χ4n) is 0.465. The van der Waals surface area contributed by atoms with E-state index in [0.717, 1.165) is 0 Å². The van der Waals surface area contributed by atoms with Crippen LogP contribution in [0.25, 0.3) is 0 Å². The molecule has 0 rings (SSSR count). The number of carboxylic acid groups (broad SMARTS) is 2. The second-order valence-electron chi connectivity index (χ2n) is 2.06. The van der Waals surface area contributed by atoms with Gasteiger partial charge in [-0.3, -0.25) is 0 Å². The zero-order valence-electron chi connectivity index (χ0n) is 8.49. The monoisotopic (exact) mass is 222 g/mol.